The van der Waals surface area contributed by atoms with Gasteiger partial charge in [0.1, 0.15) is 0 Å². The second-order valence-corrected chi connectivity index (χ2v) is 7.24. The Hall–Kier alpha value is -1.34. The molecule has 0 spiro atoms. The Labute approximate surface area is 129 Å². The Kier molecular flexibility index (Phi) is 5.05. The maximum absolute atomic E-state index is 11.2. The molecule has 1 heteroatoms. The summed E-state index contributed by atoms with van der Waals surface area (Å²) in [5, 5.41) is 13.7. The van der Waals surface area contributed by atoms with Crippen molar-refractivity contribution in [3.05, 3.63) is 48.0 Å². The summed E-state index contributed by atoms with van der Waals surface area (Å²) in [6.07, 6.45) is 2.45. The van der Waals surface area contributed by atoms with Gasteiger partial charge in [-0.1, -0.05) is 70.2 Å². The quantitative estimate of drug-likeness (QED) is 0.772. The van der Waals surface area contributed by atoms with E-state index in [1.807, 2.05) is 0 Å². The maximum atomic E-state index is 11.2. The predicted molar refractivity (Wildman–Crippen MR) is 91.5 cm³/mol. The fourth-order valence-electron chi connectivity index (χ4n) is 3.55. The molecule has 2 rings (SSSR count). The second-order valence-electron chi connectivity index (χ2n) is 7.24. The van der Waals surface area contributed by atoms with Gasteiger partial charge in [-0.3, -0.25) is 0 Å². The summed E-state index contributed by atoms with van der Waals surface area (Å²) in [5.41, 5.74) is 0.656. The Morgan fingerprint density at radius 2 is 1.43 bits per heavy atom. The minimum atomic E-state index is -0.605. The molecule has 0 aromatic heterocycles. The molecule has 0 unspecified atom stereocenters. The van der Waals surface area contributed by atoms with Crippen molar-refractivity contribution in [3.8, 4) is 0 Å². The van der Waals surface area contributed by atoms with Gasteiger partial charge in [-0.05, 0) is 41.0 Å². The largest absolute Gasteiger partial charge is 0.390 e. The van der Waals surface area contributed by atoms with Crippen LogP contribution in [0.15, 0.2) is 42.5 Å². The highest BCUT2D eigenvalue weighted by molar-refractivity contribution is 5.85. The molecule has 0 amide bonds. The number of fused-ring (bicyclic) bond motifs is 1. The van der Waals surface area contributed by atoms with Gasteiger partial charge in [0.05, 0.1) is 5.60 Å². The molecule has 0 aliphatic rings. The fraction of sp³-hybridized carbons (Fsp3) is 0.500. The molecule has 0 aliphatic carbocycles. The highest BCUT2D eigenvalue weighted by atomic mass is 16.3. The summed E-state index contributed by atoms with van der Waals surface area (Å²) >= 11 is 0. The summed E-state index contributed by atoms with van der Waals surface area (Å²) in [7, 11) is 0. The number of hydrogen-bond acceptors (Lipinski definition) is 1. The van der Waals surface area contributed by atoms with Crippen LogP contribution >= 0.6 is 0 Å². The SMILES string of the molecule is CC(C)CC(O)(Cc1cccc2ccccc12)CC(C)C. The van der Waals surface area contributed by atoms with E-state index in [1.54, 1.807) is 0 Å². The van der Waals surface area contributed by atoms with Gasteiger partial charge in [-0.2, -0.15) is 0 Å². The third kappa shape index (κ3) is 4.31. The van der Waals surface area contributed by atoms with Gasteiger partial charge in [0.25, 0.3) is 0 Å². The van der Waals surface area contributed by atoms with E-state index in [-0.39, 0.29) is 0 Å². The fourth-order valence-corrected chi connectivity index (χ4v) is 3.55. The van der Waals surface area contributed by atoms with Crippen LogP contribution in [0.1, 0.15) is 46.1 Å². The van der Waals surface area contributed by atoms with E-state index in [0.29, 0.717) is 11.8 Å². The van der Waals surface area contributed by atoms with Crippen LogP contribution in [0.25, 0.3) is 10.8 Å². The molecule has 0 aliphatic heterocycles. The molecule has 0 bridgehead atoms. The second kappa shape index (κ2) is 6.62. The molecular formula is C20H28O. The first kappa shape index (κ1) is 16.0. The van der Waals surface area contributed by atoms with E-state index in [0.717, 1.165) is 19.3 Å². The standard InChI is InChI=1S/C20H28O/c1-15(2)12-20(21,13-16(3)4)14-18-10-7-9-17-8-5-6-11-19(17)18/h5-11,15-16,21H,12-14H2,1-4H3. The lowest BCUT2D eigenvalue weighted by Crippen LogP contribution is -2.35. The van der Waals surface area contributed by atoms with Crippen LogP contribution in [0.4, 0.5) is 0 Å². The average Bonchev–Trinajstić information content (AvgIpc) is 2.36. The smallest absolute Gasteiger partial charge is 0.0693 e. The van der Waals surface area contributed by atoms with E-state index in [4.69, 9.17) is 0 Å². The zero-order valence-electron chi connectivity index (χ0n) is 13.8. The van der Waals surface area contributed by atoms with Crippen LogP contribution in [0.2, 0.25) is 0 Å². The molecule has 0 saturated heterocycles. The normalized spacial score (nSPS) is 12.5. The Morgan fingerprint density at radius 3 is 2.05 bits per heavy atom. The van der Waals surface area contributed by atoms with Crippen LogP contribution in [-0.4, -0.2) is 10.7 Å². The zero-order chi connectivity index (χ0) is 15.5. The molecule has 0 radical (unpaired) electrons. The molecule has 0 atom stereocenters. The summed E-state index contributed by atoms with van der Waals surface area (Å²) < 4.78 is 0. The monoisotopic (exact) mass is 284 g/mol. The van der Waals surface area contributed by atoms with Gasteiger partial charge >= 0.3 is 0 Å². The van der Waals surface area contributed by atoms with Gasteiger partial charge < -0.3 is 5.11 Å². The summed E-state index contributed by atoms with van der Waals surface area (Å²) in [6, 6.07) is 14.9. The molecule has 0 saturated carbocycles. The first-order valence-electron chi connectivity index (χ1n) is 8.09. The van der Waals surface area contributed by atoms with Crippen LogP contribution in [0.5, 0.6) is 0 Å². The minimum absolute atomic E-state index is 0.503. The van der Waals surface area contributed by atoms with Crippen molar-refractivity contribution in [1.29, 1.82) is 0 Å². The Morgan fingerprint density at radius 1 is 0.857 bits per heavy atom. The Bertz CT molecular complexity index is 568. The molecule has 114 valence electrons. The molecule has 2 aromatic carbocycles. The lowest BCUT2D eigenvalue weighted by Gasteiger charge is -2.32. The number of benzene rings is 2. The molecule has 0 heterocycles. The van der Waals surface area contributed by atoms with E-state index in [2.05, 4.69) is 70.2 Å². The minimum Gasteiger partial charge on any atom is -0.390 e. The van der Waals surface area contributed by atoms with Crippen molar-refractivity contribution >= 4 is 10.8 Å². The van der Waals surface area contributed by atoms with E-state index in [1.165, 1.54) is 16.3 Å². The van der Waals surface area contributed by atoms with Crippen molar-refractivity contribution in [3.63, 3.8) is 0 Å². The van der Waals surface area contributed by atoms with Gasteiger partial charge in [-0.25, -0.2) is 0 Å². The molecular weight excluding hydrogens is 256 g/mol. The lowest BCUT2D eigenvalue weighted by atomic mass is 9.80. The topological polar surface area (TPSA) is 20.2 Å². The van der Waals surface area contributed by atoms with Gasteiger partial charge in [0.2, 0.25) is 0 Å². The van der Waals surface area contributed by atoms with Crippen LogP contribution in [-0.2, 0) is 6.42 Å². The zero-order valence-corrected chi connectivity index (χ0v) is 13.8. The van der Waals surface area contributed by atoms with Gasteiger partial charge in [0, 0.05) is 6.42 Å². The van der Waals surface area contributed by atoms with E-state index in [9.17, 15) is 5.11 Å². The first-order valence-corrected chi connectivity index (χ1v) is 8.09. The highest BCUT2D eigenvalue weighted by Crippen LogP contribution is 2.31. The third-order valence-corrected chi connectivity index (χ3v) is 3.98. The van der Waals surface area contributed by atoms with Crippen LogP contribution in [0.3, 0.4) is 0 Å². The predicted octanol–water partition coefficient (Wildman–Crippen LogP) is 5.21. The van der Waals surface area contributed by atoms with Crippen molar-refractivity contribution in [2.75, 3.05) is 0 Å². The van der Waals surface area contributed by atoms with E-state index >= 15 is 0 Å². The number of hydrogen-bond donors (Lipinski definition) is 1. The molecule has 2 aromatic rings. The van der Waals surface area contributed by atoms with Crippen molar-refractivity contribution in [1.82, 2.24) is 0 Å². The lowest BCUT2D eigenvalue weighted by molar-refractivity contribution is 0.00102. The number of rotatable bonds is 6. The molecule has 1 N–H and O–H groups in total. The summed E-state index contributed by atoms with van der Waals surface area (Å²) in [6.45, 7) is 8.76. The van der Waals surface area contributed by atoms with Crippen molar-refractivity contribution in [2.45, 2.75) is 52.6 Å². The van der Waals surface area contributed by atoms with E-state index < -0.39 is 5.60 Å². The first-order chi connectivity index (χ1) is 9.89. The number of aliphatic hydroxyl groups is 1. The molecule has 0 fully saturated rings. The van der Waals surface area contributed by atoms with Crippen molar-refractivity contribution < 1.29 is 5.11 Å². The third-order valence-electron chi connectivity index (χ3n) is 3.98. The van der Waals surface area contributed by atoms with Crippen molar-refractivity contribution in [2.24, 2.45) is 11.8 Å². The average molecular weight is 284 g/mol. The van der Waals surface area contributed by atoms with Gasteiger partial charge in [0.15, 0.2) is 0 Å². The molecule has 21 heavy (non-hydrogen) atoms. The van der Waals surface area contributed by atoms with Gasteiger partial charge in [-0.15, -0.1) is 0 Å². The molecule has 1 nitrogen and oxygen atoms in total. The Balaban J connectivity index is 2.34. The maximum Gasteiger partial charge on any atom is 0.0693 e. The summed E-state index contributed by atoms with van der Waals surface area (Å²) in [5.74, 6) is 1.01. The van der Waals surface area contributed by atoms with Crippen LogP contribution in [0, 0.1) is 11.8 Å². The van der Waals surface area contributed by atoms with Crippen LogP contribution < -0.4 is 0 Å². The highest BCUT2D eigenvalue weighted by Gasteiger charge is 2.29. The summed E-state index contributed by atoms with van der Waals surface area (Å²) in [4.78, 5) is 0.